The molecular formula is C22H20O2S. The zero-order chi connectivity index (χ0) is 17.2. The summed E-state index contributed by atoms with van der Waals surface area (Å²) in [5, 5.41) is 0. The minimum absolute atomic E-state index is 0.126. The summed E-state index contributed by atoms with van der Waals surface area (Å²) < 4.78 is 5.21. The Bertz CT molecular complexity index is 892. The van der Waals surface area contributed by atoms with Gasteiger partial charge in [0, 0.05) is 20.9 Å². The van der Waals surface area contributed by atoms with Crippen LogP contribution in [0.25, 0.3) is 10.4 Å². The van der Waals surface area contributed by atoms with E-state index in [-0.39, 0.29) is 5.78 Å². The number of hydrogen-bond donors (Lipinski definition) is 0. The maximum atomic E-state index is 13.3. The SMILES string of the molecule is COc1ccc(C(=O)c2c(-c3ccccc3)sc3c2CCCC3)cc1. The number of carbonyl (C=O) groups excluding carboxylic acids is 1. The van der Waals surface area contributed by atoms with Crippen LogP contribution in [0.4, 0.5) is 0 Å². The molecule has 0 unspecified atom stereocenters. The summed E-state index contributed by atoms with van der Waals surface area (Å²) in [7, 11) is 1.64. The van der Waals surface area contributed by atoms with Gasteiger partial charge < -0.3 is 4.74 Å². The molecule has 1 heterocycles. The molecule has 0 saturated carbocycles. The molecule has 0 radical (unpaired) electrons. The van der Waals surface area contributed by atoms with Crippen molar-refractivity contribution in [3.8, 4) is 16.2 Å². The lowest BCUT2D eigenvalue weighted by molar-refractivity contribution is 0.103. The molecule has 1 aromatic heterocycles. The third kappa shape index (κ3) is 3.00. The molecule has 0 saturated heterocycles. The average Bonchev–Trinajstić information content (AvgIpc) is 3.08. The maximum absolute atomic E-state index is 13.3. The topological polar surface area (TPSA) is 26.3 Å². The first-order valence-electron chi connectivity index (χ1n) is 8.66. The van der Waals surface area contributed by atoms with E-state index in [0.717, 1.165) is 40.2 Å². The highest BCUT2D eigenvalue weighted by Crippen LogP contribution is 2.41. The Morgan fingerprint density at radius 1 is 0.960 bits per heavy atom. The molecule has 2 aromatic carbocycles. The lowest BCUT2D eigenvalue weighted by atomic mass is 9.90. The number of aryl methyl sites for hydroxylation is 1. The summed E-state index contributed by atoms with van der Waals surface area (Å²) in [6.45, 7) is 0. The van der Waals surface area contributed by atoms with E-state index >= 15 is 0 Å². The number of methoxy groups -OCH3 is 1. The van der Waals surface area contributed by atoms with Gasteiger partial charge in [0.2, 0.25) is 0 Å². The van der Waals surface area contributed by atoms with E-state index in [0.29, 0.717) is 0 Å². The van der Waals surface area contributed by atoms with E-state index in [4.69, 9.17) is 4.74 Å². The molecule has 0 bridgehead atoms. The van der Waals surface area contributed by atoms with Crippen molar-refractivity contribution in [2.45, 2.75) is 25.7 Å². The van der Waals surface area contributed by atoms with Crippen LogP contribution in [0.5, 0.6) is 5.75 Å². The normalized spacial score (nSPS) is 13.3. The van der Waals surface area contributed by atoms with Gasteiger partial charge in [-0.15, -0.1) is 11.3 Å². The Morgan fingerprint density at radius 3 is 2.40 bits per heavy atom. The lowest BCUT2D eigenvalue weighted by Gasteiger charge is -2.13. The van der Waals surface area contributed by atoms with Crippen molar-refractivity contribution in [1.29, 1.82) is 0 Å². The summed E-state index contributed by atoms with van der Waals surface area (Å²) in [5.41, 5.74) is 4.05. The Kier molecular flexibility index (Phi) is 4.41. The van der Waals surface area contributed by atoms with Crippen molar-refractivity contribution < 1.29 is 9.53 Å². The number of carbonyl (C=O) groups is 1. The van der Waals surface area contributed by atoms with Crippen LogP contribution in [0.2, 0.25) is 0 Å². The van der Waals surface area contributed by atoms with Gasteiger partial charge >= 0.3 is 0 Å². The predicted octanol–water partition coefficient (Wildman–Crippen LogP) is 5.53. The van der Waals surface area contributed by atoms with Crippen LogP contribution in [-0.2, 0) is 12.8 Å². The molecule has 0 atom stereocenters. The van der Waals surface area contributed by atoms with Crippen LogP contribution in [0.3, 0.4) is 0 Å². The number of benzene rings is 2. The van der Waals surface area contributed by atoms with Crippen LogP contribution < -0.4 is 4.74 Å². The van der Waals surface area contributed by atoms with Crippen molar-refractivity contribution in [2.24, 2.45) is 0 Å². The van der Waals surface area contributed by atoms with Crippen molar-refractivity contribution in [2.75, 3.05) is 7.11 Å². The summed E-state index contributed by atoms with van der Waals surface area (Å²) in [6, 6.07) is 17.7. The van der Waals surface area contributed by atoms with Crippen LogP contribution >= 0.6 is 11.3 Å². The smallest absolute Gasteiger partial charge is 0.194 e. The largest absolute Gasteiger partial charge is 0.497 e. The van der Waals surface area contributed by atoms with Gasteiger partial charge in [-0.2, -0.15) is 0 Å². The van der Waals surface area contributed by atoms with Gasteiger partial charge in [0.05, 0.1) is 7.11 Å². The molecule has 0 aliphatic heterocycles. The fourth-order valence-corrected chi connectivity index (χ4v) is 4.88. The highest BCUT2D eigenvalue weighted by Gasteiger charge is 2.26. The highest BCUT2D eigenvalue weighted by atomic mass is 32.1. The number of ether oxygens (including phenoxy) is 1. The molecule has 25 heavy (non-hydrogen) atoms. The first kappa shape index (κ1) is 16.1. The molecule has 0 fully saturated rings. The molecule has 2 nitrogen and oxygen atoms in total. The Hall–Kier alpha value is -2.39. The van der Waals surface area contributed by atoms with Crippen LogP contribution in [0.1, 0.15) is 39.2 Å². The average molecular weight is 348 g/mol. The molecule has 0 N–H and O–H groups in total. The second-order valence-corrected chi connectivity index (χ2v) is 7.44. The van der Waals surface area contributed by atoms with Gasteiger partial charge in [-0.3, -0.25) is 4.79 Å². The third-order valence-electron chi connectivity index (χ3n) is 4.79. The lowest BCUT2D eigenvalue weighted by Crippen LogP contribution is -2.08. The maximum Gasteiger partial charge on any atom is 0.194 e. The number of ketones is 1. The van der Waals surface area contributed by atoms with Crippen molar-refractivity contribution in [3.63, 3.8) is 0 Å². The van der Waals surface area contributed by atoms with Crippen LogP contribution in [0, 0.1) is 0 Å². The Labute approximate surface area is 152 Å². The van der Waals surface area contributed by atoms with Gasteiger partial charge in [-0.25, -0.2) is 0 Å². The summed E-state index contributed by atoms with van der Waals surface area (Å²) in [4.78, 5) is 15.8. The molecule has 3 heteroatoms. The van der Waals surface area contributed by atoms with E-state index in [1.807, 2.05) is 42.5 Å². The second kappa shape index (κ2) is 6.85. The third-order valence-corrected chi connectivity index (χ3v) is 6.13. The zero-order valence-electron chi connectivity index (χ0n) is 14.2. The number of hydrogen-bond acceptors (Lipinski definition) is 3. The van der Waals surface area contributed by atoms with E-state index < -0.39 is 0 Å². The first-order chi connectivity index (χ1) is 12.3. The molecule has 1 aliphatic rings. The van der Waals surface area contributed by atoms with E-state index in [1.165, 1.54) is 23.3 Å². The van der Waals surface area contributed by atoms with Crippen molar-refractivity contribution >= 4 is 17.1 Å². The molecule has 0 spiro atoms. The number of rotatable bonds is 4. The van der Waals surface area contributed by atoms with E-state index in [2.05, 4.69) is 12.1 Å². The second-order valence-electron chi connectivity index (χ2n) is 6.34. The fraction of sp³-hybridized carbons (Fsp3) is 0.227. The molecular weight excluding hydrogens is 328 g/mol. The molecule has 4 rings (SSSR count). The Balaban J connectivity index is 1.84. The molecule has 126 valence electrons. The summed E-state index contributed by atoms with van der Waals surface area (Å²) >= 11 is 1.80. The Morgan fingerprint density at radius 2 is 1.68 bits per heavy atom. The minimum atomic E-state index is 0.126. The van der Waals surface area contributed by atoms with Gasteiger partial charge in [0.15, 0.2) is 5.78 Å². The number of thiophene rings is 1. The summed E-state index contributed by atoms with van der Waals surface area (Å²) in [5.74, 6) is 0.896. The predicted molar refractivity (Wildman–Crippen MR) is 103 cm³/mol. The van der Waals surface area contributed by atoms with Crippen molar-refractivity contribution in [1.82, 2.24) is 0 Å². The molecule has 3 aromatic rings. The van der Waals surface area contributed by atoms with E-state index in [9.17, 15) is 4.79 Å². The van der Waals surface area contributed by atoms with Crippen molar-refractivity contribution in [3.05, 3.63) is 76.2 Å². The van der Waals surface area contributed by atoms with Gasteiger partial charge in [0.1, 0.15) is 5.75 Å². The quantitative estimate of drug-likeness (QED) is 0.579. The molecule has 0 amide bonds. The number of fused-ring (bicyclic) bond motifs is 1. The van der Waals surface area contributed by atoms with Gasteiger partial charge in [-0.05, 0) is 61.1 Å². The van der Waals surface area contributed by atoms with Crippen LogP contribution in [0.15, 0.2) is 54.6 Å². The fourth-order valence-electron chi connectivity index (χ4n) is 3.49. The van der Waals surface area contributed by atoms with E-state index in [1.54, 1.807) is 18.4 Å². The zero-order valence-corrected chi connectivity index (χ0v) is 15.1. The minimum Gasteiger partial charge on any atom is -0.497 e. The monoisotopic (exact) mass is 348 g/mol. The van der Waals surface area contributed by atoms with Gasteiger partial charge in [0.25, 0.3) is 0 Å². The standard InChI is InChI=1S/C22H20O2S/c1-24-17-13-11-15(12-14-17)21(23)20-18-9-5-6-10-19(18)25-22(20)16-7-3-2-4-8-16/h2-4,7-8,11-14H,5-6,9-10H2,1H3. The molecule has 1 aliphatic carbocycles. The van der Waals surface area contributed by atoms with Crippen LogP contribution in [-0.4, -0.2) is 12.9 Å². The highest BCUT2D eigenvalue weighted by molar-refractivity contribution is 7.16. The van der Waals surface area contributed by atoms with Gasteiger partial charge in [-0.1, -0.05) is 30.3 Å². The first-order valence-corrected chi connectivity index (χ1v) is 9.48. The summed E-state index contributed by atoms with van der Waals surface area (Å²) in [6.07, 6.45) is 4.49.